The van der Waals surface area contributed by atoms with E-state index in [-0.39, 0.29) is 5.78 Å². The van der Waals surface area contributed by atoms with Crippen LogP contribution in [0.1, 0.15) is 45.9 Å². The van der Waals surface area contributed by atoms with Crippen molar-refractivity contribution in [2.45, 2.75) is 36.6 Å². The lowest BCUT2D eigenvalue weighted by Gasteiger charge is -2.38. The van der Waals surface area contributed by atoms with Gasteiger partial charge in [-0.15, -0.1) is 0 Å². The molecule has 4 aromatic carbocycles. The quantitative estimate of drug-likeness (QED) is 0.274. The number of nitrogens with zero attached hydrogens (tertiary/aromatic N) is 2. The van der Waals surface area contributed by atoms with Gasteiger partial charge in [-0.2, -0.15) is 5.10 Å². The van der Waals surface area contributed by atoms with Gasteiger partial charge < -0.3 is 0 Å². The minimum Gasteiger partial charge on any atom is -0.292 e. The van der Waals surface area contributed by atoms with Crippen LogP contribution in [0.25, 0.3) is 0 Å². The van der Waals surface area contributed by atoms with Crippen LogP contribution >= 0.6 is 23.5 Å². The Balaban J connectivity index is 1.70. The Morgan fingerprint density at radius 2 is 1.16 bits per heavy atom. The Labute approximate surface area is 227 Å². The Kier molecular flexibility index (Phi) is 5.81. The molecule has 0 saturated carbocycles. The van der Waals surface area contributed by atoms with Gasteiger partial charge in [0.15, 0.2) is 15.0 Å². The van der Waals surface area contributed by atoms with E-state index in [1.54, 1.807) is 18.7 Å². The summed E-state index contributed by atoms with van der Waals surface area (Å²) in [6.45, 7) is 8.11. The standard InChI is InChI=1S/C32H28N2OS2/c1-21-13-5-8-16-25(21)31(26-17-9-6-14-22(26)2)27-18-10-11-19-28(27)32(37-31)34(33-30(36-32)24(4)35)29-20-12-7-15-23(29)3/h5-20H,1-4H3/t32-/m0/s1. The molecule has 0 N–H and O–H groups in total. The second-order valence-electron chi connectivity index (χ2n) is 9.70. The van der Waals surface area contributed by atoms with Gasteiger partial charge >= 0.3 is 0 Å². The molecule has 1 spiro atoms. The molecule has 3 nitrogen and oxygen atoms in total. The molecule has 184 valence electrons. The van der Waals surface area contributed by atoms with E-state index in [4.69, 9.17) is 5.10 Å². The summed E-state index contributed by atoms with van der Waals surface area (Å²) in [6.07, 6.45) is 0. The topological polar surface area (TPSA) is 32.7 Å². The van der Waals surface area contributed by atoms with Gasteiger partial charge in [0.25, 0.3) is 0 Å². The Morgan fingerprint density at radius 1 is 0.676 bits per heavy atom. The number of rotatable bonds is 4. The van der Waals surface area contributed by atoms with Crippen molar-refractivity contribution in [2.24, 2.45) is 5.10 Å². The molecular weight excluding hydrogens is 492 g/mol. The number of ketones is 1. The fraction of sp³-hybridized carbons (Fsp3) is 0.188. The van der Waals surface area contributed by atoms with E-state index < -0.39 is 8.95 Å². The third-order valence-corrected chi connectivity index (χ3v) is 10.7. The van der Waals surface area contributed by atoms with E-state index in [9.17, 15) is 4.79 Å². The first-order valence-corrected chi connectivity index (χ1v) is 14.1. The van der Waals surface area contributed by atoms with Crippen molar-refractivity contribution in [1.82, 2.24) is 0 Å². The Bertz CT molecular complexity index is 1530. The number of benzene rings is 4. The molecule has 1 atom stereocenters. The third-order valence-electron chi connectivity index (χ3n) is 7.34. The highest BCUT2D eigenvalue weighted by atomic mass is 32.2. The predicted octanol–water partition coefficient (Wildman–Crippen LogP) is 7.92. The molecule has 2 aliphatic rings. The monoisotopic (exact) mass is 520 g/mol. The zero-order chi connectivity index (χ0) is 25.8. The first-order chi connectivity index (χ1) is 17.9. The van der Waals surface area contributed by atoms with Crippen LogP contribution in [-0.2, 0) is 13.7 Å². The van der Waals surface area contributed by atoms with Crippen LogP contribution in [0.3, 0.4) is 0 Å². The molecule has 0 aliphatic carbocycles. The summed E-state index contributed by atoms with van der Waals surface area (Å²) >= 11 is 3.46. The number of hydrogen-bond acceptors (Lipinski definition) is 5. The fourth-order valence-corrected chi connectivity index (χ4v) is 9.32. The number of fused-ring (bicyclic) bond motifs is 2. The Hall–Kier alpha value is -3.28. The number of hydrogen-bond donors (Lipinski definition) is 0. The van der Waals surface area contributed by atoms with E-state index >= 15 is 0 Å². The number of aryl methyl sites for hydroxylation is 3. The van der Waals surface area contributed by atoms with Crippen molar-refractivity contribution < 1.29 is 4.79 Å². The second-order valence-corrected chi connectivity index (χ2v) is 12.5. The number of carbonyl (C=O) groups is 1. The molecule has 0 amide bonds. The van der Waals surface area contributed by atoms with E-state index in [1.165, 1.54) is 33.4 Å². The summed E-state index contributed by atoms with van der Waals surface area (Å²) in [5, 5.41) is 7.63. The summed E-state index contributed by atoms with van der Waals surface area (Å²) in [5.74, 6) is -0.0113. The summed E-state index contributed by atoms with van der Waals surface area (Å²) in [5.41, 5.74) is 9.57. The molecule has 2 heterocycles. The van der Waals surface area contributed by atoms with Crippen LogP contribution in [0, 0.1) is 20.8 Å². The fourth-order valence-electron chi connectivity index (χ4n) is 5.60. The van der Waals surface area contributed by atoms with Gasteiger partial charge in [-0.3, -0.25) is 4.79 Å². The van der Waals surface area contributed by atoms with Crippen molar-refractivity contribution in [3.05, 3.63) is 136 Å². The van der Waals surface area contributed by atoms with Crippen molar-refractivity contribution in [3.8, 4) is 0 Å². The molecule has 37 heavy (non-hydrogen) atoms. The first kappa shape index (κ1) is 24.1. The largest absolute Gasteiger partial charge is 0.292 e. The second kappa shape index (κ2) is 8.93. The van der Waals surface area contributed by atoms with Crippen LogP contribution in [0.2, 0.25) is 0 Å². The Morgan fingerprint density at radius 3 is 1.70 bits per heavy atom. The minimum atomic E-state index is -0.645. The van der Waals surface area contributed by atoms with Crippen molar-refractivity contribution in [2.75, 3.05) is 5.01 Å². The molecule has 0 bridgehead atoms. The van der Waals surface area contributed by atoms with Crippen LogP contribution < -0.4 is 5.01 Å². The molecule has 4 aromatic rings. The maximum Gasteiger partial charge on any atom is 0.187 e. The molecular formula is C32H28N2OS2. The number of carbonyl (C=O) groups excluding carboxylic acids is 1. The SMILES string of the molecule is CC(=O)C1=NN(c2ccccc2C)[C@@]2(S1)SC(c1ccccc1C)(c1ccccc1C)c1ccccc12. The average molecular weight is 521 g/mol. The molecule has 2 aliphatic heterocycles. The molecule has 6 rings (SSSR count). The van der Waals surface area contributed by atoms with Gasteiger partial charge in [-0.25, -0.2) is 5.01 Å². The minimum absolute atomic E-state index is 0.0113. The number of hydrazone groups is 1. The lowest BCUT2D eigenvalue weighted by atomic mass is 9.79. The summed E-state index contributed by atoms with van der Waals surface area (Å²) in [4.78, 5) is 12.8. The third kappa shape index (κ3) is 3.52. The number of thioether (sulfide) groups is 2. The van der Waals surface area contributed by atoms with Gasteiger partial charge in [0.1, 0.15) is 0 Å². The molecule has 0 fully saturated rings. The maximum atomic E-state index is 12.8. The summed E-state index contributed by atoms with van der Waals surface area (Å²) in [6, 6.07) is 34.4. The van der Waals surface area contributed by atoms with Gasteiger partial charge in [-0.1, -0.05) is 115 Å². The highest BCUT2D eigenvalue weighted by Crippen LogP contribution is 2.71. The average Bonchev–Trinajstić information content (AvgIpc) is 3.42. The van der Waals surface area contributed by atoms with Crippen LogP contribution in [0.15, 0.2) is 102 Å². The first-order valence-electron chi connectivity index (χ1n) is 12.5. The molecule has 0 saturated heterocycles. The van der Waals surface area contributed by atoms with Gasteiger partial charge in [0.05, 0.1) is 10.4 Å². The highest BCUT2D eigenvalue weighted by Gasteiger charge is 2.62. The van der Waals surface area contributed by atoms with Crippen LogP contribution in [-0.4, -0.2) is 10.8 Å². The van der Waals surface area contributed by atoms with Crippen LogP contribution in [0.5, 0.6) is 0 Å². The normalized spacial score (nSPS) is 19.7. The van der Waals surface area contributed by atoms with E-state index in [0.717, 1.165) is 11.3 Å². The zero-order valence-corrected chi connectivity index (χ0v) is 23.0. The van der Waals surface area contributed by atoms with Crippen molar-refractivity contribution >= 4 is 40.0 Å². The van der Waals surface area contributed by atoms with Gasteiger partial charge in [0.2, 0.25) is 0 Å². The summed E-state index contributed by atoms with van der Waals surface area (Å²) in [7, 11) is 0. The highest BCUT2D eigenvalue weighted by molar-refractivity contribution is 8.27. The molecule has 0 unspecified atom stereocenters. The molecule has 0 aromatic heterocycles. The maximum absolute atomic E-state index is 12.8. The summed E-state index contributed by atoms with van der Waals surface area (Å²) < 4.78 is -1.13. The zero-order valence-electron chi connectivity index (χ0n) is 21.4. The van der Waals surface area contributed by atoms with Crippen molar-refractivity contribution in [3.63, 3.8) is 0 Å². The number of para-hydroxylation sites is 1. The number of anilines is 1. The van der Waals surface area contributed by atoms with E-state index in [0.29, 0.717) is 5.04 Å². The lowest BCUT2D eigenvalue weighted by Crippen LogP contribution is -2.34. The van der Waals surface area contributed by atoms with Gasteiger partial charge in [0, 0.05) is 12.5 Å². The molecule has 0 radical (unpaired) electrons. The van der Waals surface area contributed by atoms with Crippen molar-refractivity contribution in [1.29, 1.82) is 0 Å². The smallest absolute Gasteiger partial charge is 0.187 e. The van der Waals surface area contributed by atoms with Crippen LogP contribution in [0.4, 0.5) is 5.69 Å². The lowest BCUT2D eigenvalue weighted by molar-refractivity contribution is -0.110. The molecule has 5 heteroatoms. The number of Topliss-reactive ketones (excluding diaryl/α,β-unsaturated/α-hetero) is 1. The predicted molar refractivity (Wildman–Crippen MR) is 157 cm³/mol. The van der Waals surface area contributed by atoms with Gasteiger partial charge in [-0.05, 0) is 60.2 Å². The van der Waals surface area contributed by atoms with E-state index in [2.05, 4.69) is 111 Å². The van der Waals surface area contributed by atoms with E-state index in [1.807, 2.05) is 23.9 Å².